The zero-order valence-electron chi connectivity index (χ0n) is 31.9. The van der Waals surface area contributed by atoms with Gasteiger partial charge in [-0.2, -0.15) is 0 Å². The molecule has 2 aliphatic carbocycles. The van der Waals surface area contributed by atoms with Crippen molar-refractivity contribution in [1.29, 1.82) is 0 Å². The third-order valence-corrected chi connectivity index (χ3v) is 13.2. The number of nitrogens with zero attached hydrogens (tertiary/aromatic N) is 3. The molecule has 7 aromatic carbocycles. The molecule has 0 N–H and O–H groups in total. The molecule has 3 heteroatoms. The predicted molar refractivity (Wildman–Crippen MR) is 233 cm³/mol. The summed E-state index contributed by atoms with van der Waals surface area (Å²) in [5, 5.41) is 5.03. The molecule has 0 fully saturated rings. The molecule has 3 aromatic heterocycles. The Kier molecular flexibility index (Phi) is 6.19. The molecule has 0 saturated heterocycles. The molecule has 0 aliphatic heterocycles. The van der Waals surface area contributed by atoms with Crippen LogP contribution in [0.2, 0.25) is 0 Å². The second-order valence-electron chi connectivity index (χ2n) is 16.8. The molecule has 3 heterocycles. The van der Waals surface area contributed by atoms with Gasteiger partial charge in [-0.05, 0) is 111 Å². The molecule has 0 radical (unpaired) electrons. The molecular weight excluding hydrogens is 679 g/mol. The Labute approximate surface area is 326 Å². The van der Waals surface area contributed by atoms with Crippen molar-refractivity contribution in [3.05, 3.63) is 186 Å². The van der Waals surface area contributed by atoms with Crippen molar-refractivity contribution < 1.29 is 0 Å². The third kappa shape index (κ3) is 4.10. The molecule has 0 bridgehead atoms. The minimum atomic E-state index is -0.0782. The molecule has 2 aliphatic rings. The highest BCUT2D eigenvalue weighted by molar-refractivity contribution is 6.13. The van der Waals surface area contributed by atoms with Crippen LogP contribution in [0.4, 0.5) is 0 Å². The van der Waals surface area contributed by atoms with Crippen LogP contribution in [-0.4, -0.2) is 14.1 Å². The van der Waals surface area contributed by atoms with Crippen molar-refractivity contribution in [1.82, 2.24) is 14.1 Å². The SMILES string of the molecule is CC1(C)c2ccccc2-c2cc(-n3c4ccccc4c4cc(-c5ccc6c(c5)c5ccccc5n6-c5ccc6c(c5)-c5ncccc5C6(C)C)ccc43)ccc21. The van der Waals surface area contributed by atoms with Gasteiger partial charge < -0.3 is 9.13 Å². The number of aromatic nitrogens is 3. The molecule has 10 aromatic rings. The van der Waals surface area contributed by atoms with Crippen molar-refractivity contribution in [3.8, 4) is 44.9 Å². The number of hydrogen-bond donors (Lipinski definition) is 0. The van der Waals surface area contributed by atoms with Crippen LogP contribution in [0.15, 0.2) is 164 Å². The summed E-state index contributed by atoms with van der Waals surface area (Å²) >= 11 is 0. The quantitative estimate of drug-likeness (QED) is 0.178. The molecule has 56 heavy (non-hydrogen) atoms. The van der Waals surface area contributed by atoms with Gasteiger partial charge in [0.15, 0.2) is 0 Å². The van der Waals surface area contributed by atoms with Crippen LogP contribution in [-0.2, 0) is 10.8 Å². The van der Waals surface area contributed by atoms with E-state index in [0.29, 0.717) is 0 Å². The Bertz CT molecular complexity index is 3090. The van der Waals surface area contributed by atoms with Crippen LogP contribution in [0.3, 0.4) is 0 Å². The highest BCUT2D eigenvalue weighted by atomic mass is 15.0. The van der Waals surface area contributed by atoms with E-state index in [2.05, 4.69) is 195 Å². The van der Waals surface area contributed by atoms with Gasteiger partial charge in [-0.3, -0.25) is 4.98 Å². The summed E-state index contributed by atoms with van der Waals surface area (Å²) in [6.07, 6.45) is 1.92. The number of pyridine rings is 1. The Morgan fingerprint density at radius 1 is 0.375 bits per heavy atom. The zero-order valence-corrected chi connectivity index (χ0v) is 31.9. The molecule has 3 nitrogen and oxygen atoms in total. The second kappa shape index (κ2) is 11.0. The van der Waals surface area contributed by atoms with Crippen LogP contribution in [0.5, 0.6) is 0 Å². The van der Waals surface area contributed by atoms with Crippen molar-refractivity contribution in [2.45, 2.75) is 38.5 Å². The fourth-order valence-electron chi connectivity index (χ4n) is 10.4. The lowest BCUT2D eigenvalue weighted by Gasteiger charge is -2.21. The number of fused-ring (bicyclic) bond motifs is 12. The largest absolute Gasteiger partial charge is 0.309 e. The number of para-hydroxylation sites is 2. The van der Waals surface area contributed by atoms with Gasteiger partial charge in [0.25, 0.3) is 0 Å². The first-order chi connectivity index (χ1) is 27.3. The number of benzene rings is 7. The Morgan fingerprint density at radius 2 is 0.857 bits per heavy atom. The molecule has 0 saturated carbocycles. The van der Waals surface area contributed by atoms with E-state index in [1.54, 1.807) is 0 Å². The molecule has 12 rings (SSSR count). The van der Waals surface area contributed by atoms with Gasteiger partial charge in [0.1, 0.15) is 0 Å². The lowest BCUT2D eigenvalue weighted by molar-refractivity contribution is 0.659. The summed E-state index contributed by atoms with van der Waals surface area (Å²) in [6, 6.07) is 58.9. The third-order valence-electron chi connectivity index (χ3n) is 13.2. The van der Waals surface area contributed by atoms with E-state index in [1.807, 2.05) is 6.20 Å². The highest BCUT2D eigenvalue weighted by Crippen LogP contribution is 2.51. The number of hydrogen-bond acceptors (Lipinski definition) is 1. The Morgan fingerprint density at radius 3 is 1.50 bits per heavy atom. The van der Waals surface area contributed by atoms with Crippen LogP contribution < -0.4 is 0 Å². The summed E-state index contributed by atoms with van der Waals surface area (Å²) in [5.74, 6) is 0. The minimum absolute atomic E-state index is 0.0182. The Hall–Kier alpha value is -6.71. The van der Waals surface area contributed by atoms with Gasteiger partial charge >= 0.3 is 0 Å². The van der Waals surface area contributed by atoms with Gasteiger partial charge in [-0.1, -0.05) is 119 Å². The van der Waals surface area contributed by atoms with E-state index in [1.165, 1.54) is 99.4 Å². The average molecular weight is 718 g/mol. The van der Waals surface area contributed by atoms with Crippen molar-refractivity contribution in [2.24, 2.45) is 0 Å². The lowest BCUT2D eigenvalue weighted by atomic mass is 9.82. The monoisotopic (exact) mass is 717 g/mol. The van der Waals surface area contributed by atoms with Crippen LogP contribution in [0.1, 0.15) is 49.9 Å². The van der Waals surface area contributed by atoms with Crippen molar-refractivity contribution in [2.75, 3.05) is 0 Å². The fraction of sp³-hybridized carbons (Fsp3) is 0.113. The van der Waals surface area contributed by atoms with Crippen molar-refractivity contribution in [3.63, 3.8) is 0 Å². The van der Waals surface area contributed by atoms with E-state index in [0.717, 1.165) is 11.4 Å². The van der Waals surface area contributed by atoms with Crippen LogP contribution in [0, 0.1) is 0 Å². The first-order valence-corrected chi connectivity index (χ1v) is 19.7. The summed E-state index contributed by atoms with van der Waals surface area (Å²) in [4.78, 5) is 4.86. The van der Waals surface area contributed by atoms with Gasteiger partial charge in [0, 0.05) is 55.5 Å². The average Bonchev–Trinajstić information content (AvgIpc) is 3.89. The van der Waals surface area contributed by atoms with Gasteiger partial charge in [-0.15, -0.1) is 0 Å². The van der Waals surface area contributed by atoms with Crippen molar-refractivity contribution >= 4 is 43.6 Å². The standard InChI is InChI=1S/C53H39N3/c1-52(2)43-15-8-5-12-36(43)39-30-34(21-23-44(39)52)55-47-17-9-6-13-37(47)40-28-32(19-25-49(40)55)33-20-26-50-41(29-33)38-14-7-10-18-48(38)56(50)35-22-24-45-42(31-35)51-46(53(45,3)4)16-11-27-54-51/h5-31H,1-4H3. The zero-order chi connectivity index (χ0) is 37.5. The first kappa shape index (κ1) is 31.6. The normalized spacial score (nSPS) is 14.7. The lowest BCUT2D eigenvalue weighted by Crippen LogP contribution is -2.15. The molecule has 0 spiro atoms. The minimum Gasteiger partial charge on any atom is -0.309 e. The topological polar surface area (TPSA) is 22.8 Å². The molecule has 266 valence electrons. The number of rotatable bonds is 3. The van der Waals surface area contributed by atoms with E-state index in [9.17, 15) is 0 Å². The summed E-state index contributed by atoms with van der Waals surface area (Å²) in [5.41, 5.74) is 20.0. The maximum absolute atomic E-state index is 4.86. The summed E-state index contributed by atoms with van der Waals surface area (Å²) in [6.45, 7) is 9.31. The molecular formula is C53H39N3. The van der Waals surface area contributed by atoms with Gasteiger partial charge in [0.2, 0.25) is 0 Å². The fourth-order valence-corrected chi connectivity index (χ4v) is 10.4. The van der Waals surface area contributed by atoms with Gasteiger partial charge in [0.05, 0.1) is 27.8 Å². The maximum Gasteiger partial charge on any atom is 0.0746 e. The van der Waals surface area contributed by atoms with E-state index in [-0.39, 0.29) is 10.8 Å². The smallest absolute Gasteiger partial charge is 0.0746 e. The highest BCUT2D eigenvalue weighted by Gasteiger charge is 2.37. The second-order valence-corrected chi connectivity index (χ2v) is 16.8. The first-order valence-electron chi connectivity index (χ1n) is 19.7. The van der Waals surface area contributed by atoms with Crippen LogP contribution >= 0.6 is 0 Å². The molecule has 0 atom stereocenters. The van der Waals surface area contributed by atoms with E-state index in [4.69, 9.17) is 4.98 Å². The predicted octanol–water partition coefficient (Wildman–Crippen LogP) is 13.6. The maximum atomic E-state index is 4.86. The molecule has 0 unspecified atom stereocenters. The Balaban J connectivity index is 1.01. The van der Waals surface area contributed by atoms with E-state index >= 15 is 0 Å². The summed E-state index contributed by atoms with van der Waals surface area (Å²) < 4.78 is 4.88. The molecule has 0 amide bonds. The summed E-state index contributed by atoms with van der Waals surface area (Å²) in [7, 11) is 0. The van der Waals surface area contributed by atoms with Gasteiger partial charge in [-0.25, -0.2) is 0 Å². The van der Waals surface area contributed by atoms with E-state index < -0.39 is 0 Å². The van der Waals surface area contributed by atoms with Crippen LogP contribution in [0.25, 0.3) is 88.5 Å².